The van der Waals surface area contributed by atoms with Gasteiger partial charge in [0.2, 0.25) is 5.91 Å². The highest BCUT2D eigenvalue weighted by Crippen LogP contribution is 2.21. The topological polar surface area (TPSA) is 41.6 Å². The summed E-state index contributed by atoms with van der Waals surface area (Å²) in [5.41, 5.74) is 2.47. The largest absolute Gasteiger partial charge is 0.371 e. The molecule has 0 unspecified atom stereocenters. The SMILES string of the molecule is O=C(CCc1ccccc1)NCCCCN1CCO[C@H](c2ccccc2)C1. The monoisotopic (exact) mass is 366 g/mol. The number of hydrogen-bond acceptors (Lipinski definition) is 3. The zero-order valence-electron chi connectivity index (χ0n) is 16.0. The van der Waals surface area contributed by atoms with Gasteiger partial charge >= 0.3 is 0 Å². The molecule has 4 nitrogen and oxygen atoms in total. The van der Waals surface area contributed by atoms with E-state index in [1.807, 2.05) is 24.3 Å². The van der Waals surface area contributed by atoms with E-state index in [0.29, 0.717) is 6.42 Å². The third-order valence-corrected chi connectivity index (χ3v) is 5.03. The maximum Gasteiger partial charge on any atom is 0.220 e. The van der Waals surface area contributed by atoms with Crippen molar-refractivity contribution >= 4 is 5.91 Å². The summed E-state index contributed by atoms with van der Waals surface area (Å²) in [6.45, 7) is 4.56. The van der Waals surface area contributed by atoms with Crippen LogP contribution in [-0.2, 0) is 16.0 Å². The van der Waals surface area contributed by atoms with E-state index >= 15 is 0 Å². The molecule has 0 saturated carbocycles. The second-order valence-corrected chi connectivity index (χ2v) is 7.11. The Kier molecular flexibility index (Phi) is 7.87. The van der Waals surface area contributed by atoms with Crippen LogP contribution in [-0.4, -0.2) is 43.6 Å². The Morgan fingerprint density at radius 1 is 1.04 bits per heavy atom. The first-order valence-corrected chi connectivity index (χ1v) is 10.0. The lowest BCUT2D eigenvalue weighted by atomic mass is 10.1. The minimum atomic E-state index is 0.148. The minimum absolute atomic E-state index is 0.148. The van der Waals surface area contributed by atoms with Crippen molar-refractivity contribution in [3.05, 3.63) is 71.8 Å². The first-order chi connectivity index (χ1) is 13.3. The van der Waals surface area contributed by atoms with E-state index in [-0.39, 0.29) is 12.0 Å². The van der Waals surface area contributed by atoms with Gasteiger partial charge in [-0.2, -0.15) is 0 Å². The number of nitrogens with one attached hydrogen (secondary N) is 1. The van der Waals surface area contributed by atoms with E-state index in [2.05, 4.69) is 46.6 Å². The molecule has 0 aliphatic carbocycles. The summed E-state index contributed by atoms with van der Waals surface area (Å²) in [6, 6.07) is 20.6. The molecule has 3 rings (SSSR count). The number of ether oxygens (including phenoxy) is 1. The van der Waals surface area contributed by atoms with Gasteiger partial charge in [-0.3, -0.25) is 9.69 Å². The average molecular weight is 367 g/mol. The maximum atomic E-state index is 11.9. The van der Waals surface area contributed by atoms with Crippen LogP contribution in [0.2, 0.25) is 0 Å². The first kappa shape index (κ1) is 19.6. The molecule has 2 aromatic rings. The van der Waals surface area contributed by atoms with Gasteiger partial charge in [0.1, 0.15) is 0 Å². The number of carbonyl (C=O) groups is 1. The van der Waals surface area contributed by atoms with Crippen LogP contribution < -0.4 is 5.32 Å². The van der Waals surface area contributed by atoms with Crippen molar-refractivity contribution < 1.29 is 9.53 Å². The summed E-state index contributed by atoms with van der Waals surface area (Å²) in [4.78, 5) is 14.4. The second-order valence-electron chi connectivity index (χ2n) is 7.11. The number of amides is 1. The molecule has 1 saturated heterocycles. The molecule has 0 radical (unpaired) electrons. The summed E-state index contributed by atoms with van der Waals surface area (Å²) in [5, 5.41) is 3.04. The molecule has 4 heteroatoms. The van der Waals surface area contributed by atoms with Crippen LogP contribution in [0, 0.1) is 0 Å². The molecule has 1 atom stereocenters. The number of nitrogens with zero attached hydrogens (tertiary/aromatic N) is 1. The van der Waals surface area contributed by atoms with E-state index in [4.69, 9.17) is 4.74 Å². The number of aryl methyl sites for hydroxylation is 1. The molecule has 1 amide bonds. The van der Waals surface area contributed by atoms with Crippen molar-refractivity contribution in [3.63, 3.8) is 0 Å². The first-order valence-electron chi connectivity index (χ1n) is 10.0. The van der Waals surface area contributed by atoms with Crippen molar-refractivity contribution in [1.82, 2.24) is 10.2 Å². The average Bonchev–Trinajstić information content (AvgIpc) is 2.74. The number of carbonyl (C=O) groups excluding carboxylic acids is 1. The minimum Gasteiger partial charge on any atom is -0.371 e. The van der Waals surface area contributed by atoms with Gasteiger partial charge in [-0.15, -0.1) is 0 Å². The van der Waals surface area contributed by atoms with E-state index < -0.39 is 0 Å². The van der Waals surface area contributed by atoms with Crippen LogP contribution in [0.4, 0.5) is 0 Å². The highest BCUT2D eigenvalue weighted by Gasteiger charge is 2.21. The molecule has 1 N–H and O–H groups in total. The van der Waals surface area contributed by atoms with E-state index in [0.717, 1.165) is 52.0 Å². The molecular formula is C23H30N2O2. The number of rotatable bonds is 9. The summed E-state index contributed by atoms with van der Waals surface area (Å²) in [6.07, 6.45) is 3.66. The van der Waals surface area contributed by atoms with Crippen molar-refractivity contribution in [2.45, 2.75) is 31.8 Å². The molecule has 2 aromatic carbocycles. The van der Waals surface area contributed by atoms with E-state index in [1.165, 1.54) is 11.1 Å². The maximum absolute atomic E-state index is 11.9. The van der Waals surface area contributed by atoms with Gasteiger partial charge in [0.25, 0.3) is 0 Å². The van der Waals surface area contributed by atoms with Crippen LogP contribution in [0.5, 0.6) is 0 Å². The lowest BCUT2D eigenvalue weighted by molar-refractivity contribution is -0.121. The van der Waals surface area contributed by atoms with Crippen molar-refractivity contribution in [2.24, 2.45) is 0 Å². The van der Waals surface area contributed by atoms with Gasteiger partial charge in [-0.25, -0.2) is 0 Å². The quantitative estimate of drug-likeness (QED) is 0.690. The van der Waals surface area contributed by atoms with Crippen LogP contribution in [0.15, 0.2) is 60.7 Å². The normalized spacial score (nSPS) is 17.6. The van der Waals surface area contributed by atoms with Crippen molar-refractivity contribution in [3.8, 4) is 0 Å². The van der Waals surface area contributed by atoms with Gasteiger partial charge in [-0.05, 0) is 36.9 Å². The van der Waals surface area contributed by atoms with Crippen LogP contribution in [0.25, 0.3) is 0 Å². The molecule has 144 valence electrons. The lowest BCUT2D eigenvalue weighted by Gasteiger charge is -2.33. The number of benzene rings is 2. The van der Waals surface area contributed by atoms with Gasteiger partial charge < -0.3 is 10.1 Å². The van der Waals surface area contributed by atoms with Crippen LogP contribution >= 0.6 is 0 Å². The Bertz CT molecular complexity index is 675. The smallest absolute Gasteiger partial charge is 0.220 e. The highest BCUT2D eigenvalue weighted by molar-refractivity contribution is 5.76. The van der Waals surface area contributed by atoms with Crippen molar-refractivity contribution in [1.29, 1.82) is 0 Å². The fourth-order valence-corrected chi connectivity index (χ4v) is 3.45. The molecule has 0 aromatic heterocycles. The third kappa shape index (κ3) is 6.81. The fourth-order valence-electron chi connectivity index (χ4n) is 3.45. The Morgan fingerprint density at radius 2 is 1.78 bits per heavy atom. The van der Waals surface area contributed by atoms with Gasteiger partial charge in [0.15, 0.2) is 0 Å². The molecule has 1 aliphatic heterocycles. The predicted molar refractivity (Wildman–Crippen MR) is 109 cm³/mol. The molecule has 0 bridgehead atoms. The Balaban J connectivity index is 1.27. The van der Waals surface area contributed by atoms with E-state index in [9.17, 15) is 4.79 Å². The Labute approximate surface area is 162 Å². The Hall–Kier alpha value is -2.17. The lowest BCUT2D eigenvalue weighted by Crippen LogP contribution is -2.39. The van der Waals surface area contributed by atoms with Crippen LogP contribution in [0.1, 0.15) is 36.5 Å². The van der Waals surface area contributed by atoms with E-state index in [1.54, 1.807) is 0 Å². The predicted octanol–water partition coefficient (Wildman–Crippen LogP) is 3.59. The Morgan fingerprint density at radius 3 is 2.56 bits per heavy atom. The molecule has 1 fully saturated rings. The zero-order chi connectivity index (χ0) is 18.7. The van der Waals surface area contributed by atoms with Gasteiger partial charge in [-0.1, -0.05) is 60.7 Å². The number of hydrogen-bond donors (Lipinski definition) is 1. The summed E-state index contributed by atoms with van der Waals surface area (Å²) < 4.78 is 5.92. The number of unbranched alkanes of at least 4 members (excludes halogenated alkanes) is 1. The fraction of sp³-hybridized carbons (Fsp3) is 0.435. The summed E-state index contributed by atoms with van der Waals surface area (Å²) >= 11 is 0. The molecule has 1 aliphatic rings. The molecule has 27 heavy (non-hydrogen) atoms. The molecular weight excluding hydrogens is 336 g/mol. The summed E-state index contributed by atoms with van der Waals surface area (Å²) in [5.74, 6) is 0.148. The second kappa shape index (κ2) is 10.9. The standard InChI is InChI=1S/C23H30N2O2/c26-23(14-13-20-9-3-1-4-10-20)24-15-7-8-16-25-17-18-27-22(19-25)21-11-5-2-6-12-21/h1-6,9-12,22H,7-8,13-19H2,(H,24,26)/t22-/m0/s1. The van der Waals surface area contributed by atoms with Crippen molar-refractivity contribution in [2.75, 3.05) is 32.8 Å². The van der Waals surface area contributed by atoms with Gasteiger partial charge in [0, 0.05) is 26.1 Å². The van der Waals surface area contributed by atoms with Gasteiger partial charge in [0.05, 0.1) is 12.7 Å². The zero-order valence-corrected chi connectivity index (χ0v) is 16.0. The third-order valence-electron chi connectivity index (χ3n) is 5.03. The summed E-state index contributed by atoms with van der Waals surface area (Å²) in [7, 11) is 0. The molecule has 0 spiro atoms. The van der Waals surface area contributed by atoms with Crippen LogP contribution in [0.3, 0.4) is 0 Å². The highest BCUT2D eigenvalue weighted by atomic mass is 16.5. The molecule has 1 heterocycles. The number of morpholine rings is 1.